The molecule has 29 heavy (non-hydrogen) atoms. The van der Waals surface area contributed by atoms with E-state index in [0.29, 0.717) is 6.54 Å². The molecule has 2 amide bonds. The Morgan fingerprint density at radius 1 is 1.03 bits per heavy atom. The van der Waals surface area contributed by atoms with E-state index < -0.39 is 0 Å². The van der Waals surface area contributed by atoms with Crippen molar-refractivity contribution in [1.29, 1.82) is 0 Å². The third kappa shape index (κ3) is 4.54. The highest BCUT2D eigenvalue weighted by molar-refractivity contribution is 5.83. The molecule has 6 nitrogen and oxygen atoms in total. The highest BCUT2D eigenvalue weighted by Crippen LogP contribution is 2.20. The van der Waals surface area contributed by atoms with Crippen molar-refractivity contribution in [1.82, 2.24) is 20.1 Å². The molecule has 4 rings (SSSR count). The fraction of sp³-hybridized carbons (Fsp3) is 0.348. The van der Waals surface area contributed by atoms with E-state index in [-0.39, 0.29) is 6.03 Å². The summed E-state index contributed by atoms with van der Waals surface area (Å²) in [5.74, 6) is 0.921. The molecular formula is C23H28N4O2. The van der Waals surface area contributed by atoms with Crippen molar-refractivity contribution in [2.45, 2.75) is 13.0 Å². The second-order valence-electron chi connectivity index (χ2n) is 7.42. The topological polar surface area (TPSA) is 60.6 Å². The Balaban J connectivity index is 1.23. The molecule has 0 saturated carbocycles. The molecule has 0 unspecified atom stereocenters. The van der Waals surface area contributed by atoms with Gasteiger partial charge < -0.3 is 19.9 Å². The molecule has 1 aromatic heterocycles. The summed E-state index contributed by atoms with van der Waals surface area (Å²) in [7, 11) is 1.71. The number of nitrogens with one attached hydrogen (secondary N) is 2. The molecule has 1 fully saturated rings. The van der Waals surface area contributed by atoms with Gasteiger partial charge in [0.15, 0.2) is 0 Å². The number of hydrogen-bond donors (Lipinski definition) is 2. The second-order valence-corrected chi connectivity index (χ2v) is 7.42. The number of carbonyl (C=O) groups excluding carboxylic acids is 1. The number of para-hydroxylation sites is 2. The number of aromatic nitrogens is 1. The first-order valence-corrected chi connectivity index (χ1v) is 10.2. The van der Waals surface area contributed by atoms with E-state index in [0.717, 1.165) is 50.4 Å². The van der Waals surface area contributed by atoms with Gasteiger partial charge in [0.2, 0.25) is 0 Å². The van der Waals surface area contributed by atoms with Gasteiger partial charge in [0, 0.05) is 61.9 Å². The molecule has 0 radical (unpaired) electrons. The molecule has 3 aromatic rings. The Hall–Kier alpha value is -2.99. The zero-order chi connectivity index (χ0) is 20.1. The first-order chi connectivity index (χ1) is 14.2. The molecule has 0 spiro atoms. The number of fused-ring (bicyclic) bond motifs is 1. The third-order valence-corrected chi connectivity index (χ3v) is 5.59. The number of piperazine rings is 1. The number of ether oxygens (including phenoxy) is 1. The zero-order valence-electron chi connectivity index (χ0n) is 16.9. The van der Waals surface area contributed by atoms with Crippen molar-refractivity contribution in [3.8, 4) is 5.75 Å². The van der Waals surface area contributed by atoms with E-state index in [1.807, 2.05) is 41.4 Å². The third-order valence-electron chi connectivity index (χ3n) is 5.59. The Bertz CT molecular complexity index is 960. The maximum atomic E-state index is 12.5. The average Bonchev–Trinajstić information content (AvgIpc) is 3.18. The molecule has 0 atom stereocenters. The molecule has 1 aliphatic rings. The van der Waals surface area contributed by atoms with Crippen LogP contribution < -0.4 is 10.1 Å². The molecule has 0 aliphatic carbocycles. The van der Waals surface area contributed by atoms with Crippen LogP contribution in [0.1, 0.15) is 11.1 Å². The highest BCUT2D eigenvalue weighted by atomic mass is 16.5. The minimum atomic E-state index is 0.0294. The van der Waals surface area contributed by atoms with Gasteiger partial charge in [0.1, 0.15) is 5.75 Å². The standard InChI is InChI=1S/C23H28N4O2/c1-29-22-9-5-2-6-19(22)17-26-12-14-27(15-13-26)23(28)24-11-10-18-16-25-21-8-4-3-7-20(18)21/h2-9,16,25H,10-15,17H2,1H3,(H,24,28). The van der Waals surface area contributed by atoms with E-state index in [1.165, 1.54) is 16.5 Å². The quantitative estimate of drug-likeness (QED) is 0.677. The molecule has 2 heterocycles. The lowest BCUT2D eigenvalue weighted by molar-refractivity contribution is 0.134. The molecule has 152 valence electrons. The zero-order valence-corrected chi connectivity index (χ0v) is 16.9. The van der Waals surface area contributed by atoms with Crippen LogP contribution in [0.3, 0.4) is 0 Å². The van der Waals surface area contributed by atoms with Crippen LogP contribution in [0.5, 0.6) is 5.75 Å². The van der Waals surface area contributed by atoms with E-state index in [2.05, 4.69) is 33.4 Å². The Morgan fingerprint density at radius 2 is 1.79 bits per heavy atom. The second kappa shape index (κ2) is 9.01. The number of carbonyl (C=O) groups is 1. The fourth-order valence-corrected chi connectivity index (χ4v) is 3.94. The number of methoxy groups -OCH3 is 1. The van der Waals surface area contributed by atoms with Crippen LogP contribution in [0.25, 0.3) is 10.9 Å². The number of hydrogen-bond acceptors (Lipinski definition) is 3. The van der Waals surface area contributed by atoms with Gasteiger partial charge in [-0.25, -0.2) is 4.79 Å². The SMILES string of the molecule is COc1ccccc1CN1CCN(C(=O)NCCc2c[nH]c3ccccc23)CC1. The van der Waals surface area contributed by atoms with Gasteiger partial charge >= 0.3 is 6.03 Å². The van der Waals surface area contributed by atoms with Crippen LogP contribution in [0, 0.1) is 0 Å². The number of H-pyrrole nitrogens is 1. The van der Waals surface area contributed by atoms with Crippen LogP contribution >= 0.6 is 0 Å². The predicted molar refractivity (Wildman–Crippen MR) is 115 cm³/mol. The van der Waals surface area contributed by atoms with Gasteiger partial charge in [-0.15, -0.1) is 0 Å². The van der Waals surface area contributed by atoms with Gasteiger partial charge in [0.25, 0.3) is 0 Å². The first kappa shape index (κ1) is 19.3. The summed E-state index contributed by atoms with van der Waals surface area (Å²) < 4.78 is 5.44. The molecule has 1 aliphatic heterocycles. The van der Waals surface area contributed by atoms with Crippen molar-refractivity contribution in [2.24, 2.45) is 0 Å². The van der Waals surface area contributed by atoms with Crippen molar-refractivity contribution >= 4 is 16.9 Å². The van der Waals surface area contributed by atoms with Gasteiger partial charge in [-0.1, -0.05) is 36.4 Å². The smallest absolute Gasteiger partial charge is 0.317 e. The summed E-state index contributed by atoms with van der Waals surface area (Å²) in [5.41, 5.74) is 3.56. The molecular weight excluding hydrogens is 364 g/mol. The van der Waals surface area contributed by atoms with Gasteiger partial charge in [-0.2, -0.15) is 0 Å². The lowest BCUT2D eigenvalue weighted by Crippen LogP contribution is -2.51. The van der Waals surface area contributed by atoms with Crippen molar-refractivity contribution in [3.63, 3.8) is 0 Å². The Morgan fingerprint density at radius 3 is 2.62 bits per heavy atom. The van der Waals surface area contributed by atoms with Crippen molar-refractivity contribution < 1.29 is 9.53 Å². The lowest BCUT2D eigenvalue weighted by Gasteiger charge is -2.34. The summed E-state index contributed by atoms with van der Waals surface area (Å²) in [5, 5.41) is 4.30. The van der Waals surface area contributed by atoms with Gasteiger partial charge in [-0.05, 0) is 24.1 Å². The largest absolute Gasteiger partial charge is 0.496 e. The van der Waals surface area contributed by atoms with Crippen LogP contribution in [0.4, 0.5) is 4.79 Å². The Kier molecular flexibility index (Phi) is 6.00. The van der Waals surface area contributed by atoms with Gasteiger partial charge in [0.05, 0.1) is 7.11 Å². The average molecular weight is 393 g/mol. The monoisotopic (exact) mass is 392 g/mol. The molecule has 1 saturated heterocycles. The summed E-state index contributed by atoms with van der Waals surface area (Å²) in [4.78, 5) is 20.1. The maximum Gasteiger partial charge on any atom is 0.317 e. The highest BCUT2D eigenvalue weighted by Gasteiger charge is 2.21. The van der Waals surface area contributed by atoms with Crippen LogP contribution in [-0.2, 0) is 13.0 Å². The summed E-state index contributed by atoms with van der Waals surface area (Å²) in [6, 6.07) is 16.4. The minimum Gasteiger partial charge on any atom is -0.496 e. The summed E-state index contributed by atoms with van der Waals surface area (Å²) >= 11 is 0. The number of aromatic amines is 1. The molecule has 2 N–H and O–H groups in total. The van der Waals surface area contributed by atoms with Gasteiger partial charge in [-0.3, -0.25) is 4.90 Å². The maximum absolute atomic E-state index is 12.5. The summed E-state index contributed by atoms with van der Waals surface area (Å²) in [6.45, 7) is 4.71. The van der Waals surface area contributed by atoms with E-state index in [9.17, 15) is 4.79 Å². The fourth-order valence-electron chi connectivity index (χ4n) is 3.94. The normalized spacial score (nSPS) is 14.9. The van der Waals surface area contributed by atoms with Crippen molar-refractivity contribution in [3.05, 3.63) is 65.9 Å². The molecule has 2 aromatic carbocycles. The first-order valence-electron chi connectivity index (χ1n) is 10.2. The minimum absolute atomic E-state index is 0.0294. The van der Waals surface area contributed by atoms with E-state index in [4.69, 9.17) is 4.74 Å². The van der Waals surface area contributed by atoms with E-state index >= 15 is 0 Å². The number of urea groups is 1. The van der Waals surface area contributed by atoms with E-state index in [1.54, 1.807) is 7.11 Å². The number of nitrogens with zero attached hydrogens (tertiary/aromatic N) is 2. The van der Waals surface area contributed by atoms with Crippen LogP contribution in [0.15, 0.2) is 54.7 Å². The number of rotatable bonds is 6. The number of benzene rings is 2. The number of amides is 2. The van der Waals surface area contributed by atoms with Crippen LogP contribution in [0.2, 0.25) is 0 Å². The summed E-state index contributed by atoms with van der Waals surface area (Å²) in [6.07, 6.45) is 2.86. The predicted octanol–water partition coefficient (Wildman–Crippen LogP) is 3.25. The Labute approximate surface area is 171 Å². The molecule has 6 heteroatoms. The molecule has 0 bridgehead atoms. The van der Waals surface area contributed by atoms with Crippen LogP contribution in [-0.4, -0.2) is 60.6 Å². The van der Waals surface area contributed by atoms with Crippen molar-refractivity contribution in [2.75, 3.05) is 39.8 Å². The lowest BCUT2D eigenvalue weighted by atomic mass is 10.1.